The summed E-state index contributed by atoms with van der Waals surface area (Å²) in [6, 6.07) is 7.15. The van der Waals surface area contributed by atoms with Crippen LogP contribution in [0.25, 0.3) is 0 Å². The van der Waals surface area contributed by atoms with Gasteiger partial charge in [-0.3, -0.25) is 9.48 Å². The highest BCUT2D eigenvalue weighted by molar-refractivity contribution is 5.91. The van der Waals surface area contributed by atoms with E-state index in [1.807, 2.05) is 10.7 Å². The van der Waals surface area contributed by atoms with Gasteiger partial charge in [-0.1, -0.05) is 0 Å². The van der Waals surface area contributed by atoms with Crippen LogP contribution < -0.4 is 10.2 Å². The third kappa shape index (κ3) is 3.37. The fraction of sp³-hybridized carbons (Fsp3) is 0.294. The molecular weight excluding hydrogens is 320 g/mol. The largest absolute Gasteiger partial charge is 0.459 e. The Morgan fingerprint density at radius 3 is 2.88 bits per heavy atom. The van der Waals surface area contributed by atoms with E-state index in [0.29, 0.717) is 24.8 Å². The van der Waals surface area contributed by atoms with Gasteiger partial charge in [-0.25, -0.2) is 9.97 Å². The molecule has 3 aromatic rings. The molecule has 8 heteroatoms. The van der Waals surface area contributed by atoms with E-state index >= 15 is 0 Å². The summed E-state index contributed by atoms with van der Waals surface area (Å²) in [6.07, 6.45) is 6.75. The van der Waals surface area contributed by atoms with Crippen molar-refractivity contribution in [3.8, 4) is 0 Å². The summed E-state index contributed by atoms with van der Waals surface area (Å²) >= 11 is 0. The number of carbonyl (C=O) groups excluding carboxylic acids is 1. The van der Waals surface area contributed by atoms with Gasteiger partial charge in [0.2, 0.25) is 5.95 Å². The van der Waals surface area contributed by atoms with Gasteiger partial charge in [0, 0.05) is 44.1 Å². The molecule has 1 aliphatic heterocycles. The van der Waals surface area contributed by atoms with E-state index in [9.17, 15) is 4.79 Å². The molecule has 0 radical (unpaired) electrons. The number of rotatable bonds is 4. The first-order valence-electron chi connectivity index (χ1n) is 8.14. The van der Waals surface area contributed by atoms with E-state index in [0.717, 1.165) is 18.8 Å². The van der Waals surface area contributed by atoms with Crippen molar-refractivity contribution in [3.63, 3.8) is 0 Å². The van der Waals surface area contributed by atoms with E-state index in [2.05, 4.69) is 25.3 Å². The zero-order valence-electron chi connectivity index (χ0n) is 13.6. The molecule has 0 bridgehead atoms. The smallest absolute Gasteiger partial charge is 0.286 e. The number of anilines is 1. The van der Waals surface area contributed by atoms with E-state index in [-0.39, 0.29) is 11.8 Å². The highest BCUT2D eigenvalue weighted by Crippen LogP contribution is 2.19. The molecule has 4 heterocycles. The molecule has 0 saturated carbocycles. The van der Waals surface area contributed by atoms with Gasteiger partial charge in [-0.2, -0.15) is 5.10 Å². The lowest BCUT2D eigenvalue weighted by Gasteiger charge is -2.23. The zero-order valence-corrected chi connectivity index (χ0v) is 13.6. The van der Waals surface area contributed by atoms with Crippen molar-refractivity contribution < 1.29 is 9.21 Å². The number of nitrogens with zero attached hydrogens (tertiary/aromatic N) is 5. The van der Waals surface area contributed by atoms with Crippen molar-refractivity contribution in [2.75, 3.05) is 18.0 Å². The molecule has 0 unspecified atom stereocenters. The summed E-state index contributed by atoms with van der Waals surface area (Å²) in [4.78, 5) is 22.9. The molecule has 0 spiro atoms. The molecule has 0 aliphatic carbocycles. The summed E-state index contributed by atoms with van der Waals surface area (Å²) in [5.41, 5.74) is 1.10. The number of hydrogen-bond donors (Lipinski definition) is 1. The van der Waals surface area contributed by atoms with Gasteiger partial charge in [0.25, 0.3) is 5.91 Å². The quantitative estimate of drug-likeness (QED) is 0.772. The van der Waals surface area contributed by atoms with Crippen molar-refractivity contribution in [1.29, 1.82) is 0 Å². The number of furan rings is 1. The minimum Gasteiger partial charge on any atom is -0.459 e. The van der Waals surface area contributed by atoms with Crippen LogP contribution in [0.1, 0.15) is 16.2 Å². The summed E-state index contributed by atoms with van der Waals surface area (Å²) in [6.45, 7) is 2.66. The molecule has 8 nitrogen and oxygen atoms in total. The molecule has 1 amide bonds. The Bertz CT molecular complexity index is 830. The van der Waals surface area contributed by atoms with Crippen LogP contribution >= 0.6 is 0 Å². The van der Waals surface area contributed by atoms with Gasteiger partial charge in [0.15, 0.2) is 5.76 Å². The summed E-state index contributed by atoms with van der Waals surface area (Å²) < 4.78 is 7.11. The Hall–Kier alpha value is -3.16. The van der Waals surface area contributed by atoms with E-state index in [1.54, 1.807) is 36.8 Å². The first-order chi connectivity index (χ1) is 12.3. The second-order valence-electron chi connectivity index (χ2n) is 5.99. The number of nitrogens with one attached hydrogen (secondary N) is 1. The van der Waals surface area contributed by atoms with E-state index < -0.39 is 0 Å². The Morgan fingerprint density at radius 1 is 1.20 bits per heavy atom. The predicted octanol–water partition coefficient (Wildman–Crippen LogP) is 1.33. The van der Waals surface area contributed by atoms with E-state index in [4.69, 9.17) is 4.42 Å². The second kappa shape index (κ2) is 6.76. The van der Waals surface area contributed by atoms with Crippen molar-refractivity contribution >= 4 is 11.9 Å². The average molecular weight is 338 g/mol. The monoisotopic (exact) mass is 338 g/mol. The first-order valence-corrected chi connectivity index (χ1v) is 8.14. The highest BCUT2D eigenvalue weighted by atomic mass is 16.3. The highest BCUT2D eigenvalue weighted by Gasteiger charge is 2.24. The predicted molar refractivity (Wildman–Crippen MR) is 89.8 cm³/mol. The van der Waals surface area contributed by atoms with Gasteiger partial charge in [0.05, 0.1) is 18.5 Å². The Kier molecular flexibility index (Phi) is 4.16. The Morgan fingerprint density at radius 2 is 2.08 bits per heavy atom. The van der Waals surface area contributed by atoms with Gasteiger partial charge in [-0.05, 0) is 24.3 Å². The van der Waals surface area contributed by atoms with Crippen LogP contribution in [0, 0.1) is 5.92 Å². The number of aromatic nitrogens is 4. The maximum atomic E-state index is 12.1. The Balaban J connectivity index is 1.50. The van der Waals surface area contributed by atoms with Crippen molar-refractivity contribution in [3.05, 3.63) is 60.6 Å². The Labute approximate surface area is 144 Å². The van der Waals surface area contributed by atoms with Crippen LogP contribution in [0.4, 0.5) is 5.95 Å². The lowest BCUT2D eigenvalue weighted by atomic mass is 10.1. The standard InChI is InChI=1S/C17H18N6O2/c24-16(15-3-1-8-25-15)20-9-13-10-22(17-18-5-2-6-19-17)12-14-4-7-21-23(14)11-13/h1-8,13H,9-12H2,(H,20,24)/t13-/m0/s1. The fourth-order valence-electron chi connectivity index (χ4n) is 3.00. The first kappa shape index (κ1) is 15.4. The number of carbonyl (C=O) groups is 1. The summed E-state index contributed by atoms with van der Waals surface area (Å²) in [5, 5.41) is 7.33. The molecule has 1 N–H and O–H groups in total. The zero-order chi connectivity index (χ0) is 17.1. The van der Waals surface area contributed by atoms with Crippen molar-refractivity contribution in [1.82, 2.24) is 25.1 Å². The summed E-state index contributed by atoms with van der Waals surface area (Å²) in [5.74, 6) is 0.956. The minimum absolute atomic E-state index is 0.170. The normalized spacial score (nSPS) is 17.0. The van der Waals surface area contributed by atoms with Crippen LogP contribution in [0.15, 0.2) is 53.5 Å². The summed E-state index contributed by atoms with van der Waals surface area (Å²) in [7, 11) is 0. The van der Waals surface area contributed by atoms with Gasteiger partial charge in [0.1, 0.15) is 0 Å². The lowest BCUT2D eigenvalue weighted by molar-refractivity contribution is 0.0918. The average Bonchev–Trinajstić information content (AvgIpc) is 3.29. The fourth-order valence-corrected chi connectivity index (χ4v) is 3.00. The lowest BCUT2D eigenvalue weighted by Crippen LogP contribution is -2.37. The van der Waals surface area contributed by atoms with Crippen LogP contribution in [0.5, 0.6) is 0 Å². The van der Waals surface area contributed by atoms with Crippen molar-refractivity contribution in [2.24, 2.45) is 5.92 Å². The SMILES string of the molecule is O=C(NC[C@H]1CN(c2ncccn2)Cc2ccnn2C1)c1ccco1. The minimum atomic E-state index is -0.211. The van der Waals surface area contributed by atoms with Gasteiger partial charge < -0.3 is 14.6 Å². The molecule has 128 valence electrons. The molecule has 1 atom stereocenters. The molecule has 0 aromatic carbocycles. The third-order valence-corrected chi connectivity index (χ3v) is 4.20. The number of amides is 1. The van der Waals surface area contributed by atoms with Gasteiger partial charge in [-0.15, -0.1) is 0 Å². The molecular formula is C17H18N6O2. The molecule has 25 heavy (non-hydrogen) atoms. The van der Waals surface area contributed by atoms with Gasteiger partial charge >= 0.3 is 0 Å². The molecule has 0 saturated heterocycles. The number of fused-ring (bicyclic) bond motifs is 1. The topological polar surface area (TPSA) is 89.1 Å². The maximum absolute atomic E-state index is 12.1. The van der Waals surface area contributed by atoms with Crippen LogP contribution in [0.2, 0.25) is 0 Å². The van der Waals surface area contributed by atoms with E-state index in [1.165, 1.54) is 6.26 Å². The third-order valence-electron chi connectivity index (χ3n) is 4.20. The molecule has 4 rings (SSSR count). The maximum Gasteiger partial charge on any atom is 0.286 e. The number of hydrogen-bond acceptors (Lipinski definition) is 6. The van der Waals surface area contributed by atoms with Crippen molar-refractivity contribution in [2.45, 2.75) is 13.1 Å². The molecule has 1 aliphatic rings. The molecule has 3 aromatic heterocycles. The second-order valence-corrected chi connectivity index (χ2v) is 5.99. The van der Waals surface area contributed by atoms with Crippen LogP contribution in [-0.4, -0.2) is 38.7 Å². The molecule has 0 fully saturated rings. The van der Waals surface area contributed by atoms with Crippen LogP contribution in [0.3, 0.4) is 0 Å². The van der Waals surface area contributed by atoms with Crippen LogP contribution in [-0.2, 0) is 13.1 Å².